The molecule has 0 bridgehead atoms. The fourth-order valence-electron chi connectivity index (χ4n) is 3.90. The van der Waals surface area contributed by atoms with E-state index in [1.807, 2.05) is 47.5 Å². The van der Waals surface area contributed by atoms with Crippen LogP contribution in [0.3, 0.4) is 0 Å². The van der Waals surface area contributed by atoms with E-state index in [0.717, 1.165) is 22.6 Å². The lowest BCUT2D eigenvalue weighted by atomic mass is 9.96. The second-order valence-electron chi connectivity index (χ2n) is 7.23. The maximum Gasteiger partial charge on any atom is 0.167 e. The second kappa shape index (κ2) is 8.69. The highest BCUT2D eigenvalue weighted by Gasteiger charge is 2.26. The molecular formula is C21H24N4S3. The minimum Gasteiger partial charge on any atom is -0.333 e. The molecule has 3 heterocycles. The van der Waals surface area contributed by atoms with Crippen molar-refractivity contribution in [3.05, 3.63) is 47.8 Å². The molecule has 1 aliphatic carbocycles. The van der Waals surface area contributed by atoms with Gasteiger partial charge in [0.15, 0.2) is 5.16 Å². The van der Waals surface area contributed by atoms with E-state index in [0.29, 0.717) is 5.25 Å². The Kier molecular flexibility index (Phi) is 5.85. The number of hydrogen-bond donors (Lipinski definition) is 1. The van der Waals surface area contributed by atoms with Gasteiger partial charge in [-0.2, -0.15) is 0 Å². The normalized spacial score (nSPS) is 19.9. The first-order chi connectivity index (χ1) is 13.9. The number of nitrogens with zero attached hydrogens (tertiary/aromatic N) is 3. The largest absolute Gasteiger partial charge is 0.333 e. The van der Waals surface area contributed by atoms with Crippen molar-refractivity contribution in [3.8, 4) is 0 Å². The average Bonchev–Trinajstić information content (AvgIpc) is 3.38. The van der Waals surface area contributed by atoms with Crippen molar-refractivity contribution in [2.45, 2.75) is 34.6 Å². The highest BCUT2D eigenvalue weighted by molar-refractivity contribution is 8.00. The van der Waals surface area contributed by atoms with Gasteiger partial charge in [0.2, 0.25) is 0 Å². The summed E-state index contributed by atoms with van der Waals surface area (Å²) in [5, 5.41) is 1.39. The van der Waals surface area contributed by atoms with Crippen LogP contribution in [0.4, 0.5) is 0 Å². The first-order valence-electron chi connectivity index (χ1n) is 9.89. The van der Waals surface area contributed by atoms with Gasteiger partial charge in [0.1, 0.15) is 0 Å². The molecule has 7 heteroatoms. The summed E-state index contributed by atoms with van der Waals surface area (Å²) < 4.78 is 0. The van der Waals surface area contributed by atoms with Crippen LogP contribution in [0.1, 0.15) is 29.3 Å². The van der Waals surface area contributed by atoms with E-state index < -0.39 is 0 Å². The predicted octanol–water partition coefficient (Wildman–Crippen LogP) is 5.23. The first kappa shape index (κ1) is 18.9. The Balaban J connectivity index is 1.31. The third kappa shape index (κ3) is 4.08. The zero-order valence-corrected chi connectivity index (χ0v) is 18.2. The monoisotopic (exact) mass is 428 g/mol. The summed E-state index contributed by atoms with van der Waals surface area (Å²) in [6.07, 6.45) is 5.56. The summed E-state index contributed by atoms with van der Waals surface area (Å²) in [6.45, 7) is 2.43. The van der Waals surface area contributed by atoms with Crippen LogP contribution in [0.15, 0.2) is 46.6 Å². The van der Waals surface area contributed by atoms with Gasteiger partial charge in [-0.1, -0.05) is 23.9 Å². The Morgan fingerprint density at radius 2 is 2.21 bits per heavy atom. The topological polar surface area (TPSA) is 44.8 Å². The lowest BCUT2D eigenvalue weighted by Crippen LogP contribution is -2.22. The van der Waals surface area contributed by atoms with Crippen molar-refractivity contribution >= 4 is 46.3 Å². The molecule has 1 atom stereocenters. The number of benzene rings is 1. The number of imidazole rings is 1. The van der Waals surface area contributed by atoms with Gasteiger partial charge in [-0.05, 0) is 43.0 Å². The lowest BCUT2D eigenvalue weighted by molar-refractivity contribution is 0.380. The van der Waals surface area contributed by atoms with E-state index in [4.69, 9.17) is 9.97 Å². The van der Waals surface area contributed by atoms with Gasteiger partial charge in [0.05, 0.1) is 22.0 Å². The highest BCUT2D eigenvalue weighted by Crippen LogP contribution is 2.44. The van der Waals surface area contributed by atoms with Crippen LogP contribution < -0.4 is 0 Å². The molecule has 0 amide bonds. The van der Waals surface area contributed by atoms with E-state index in [1.165, 1.54) is 59.5 Å². The van der Waals surface area contributed by atoms with E-state index in [2.05, 4.69) is 34.1 Å². The fraction of sp³-hybridized carbons (Fsp3) is 0.429. The second-order valence-corrected chi connectivity index (χ2v) is 10.6. The summed E-state index contributed by atoms with van der Waals surface area (Å²) >= 11 is 5.90. The number of aromatic amines is 1. The van der Waals surface area contributed by atoms with Gasteiger partial charge in [-0.3, -0.25) is 9.88 Å². The molecule has 0 saturated carbocycles. The van der Waals surface area contributed by atoms with E-state index >= 15 is 0 Å². The zero-order valence-electron chi connectivity index (χ0n) is 15.8. The van der Waals surface area contributed by atoms with Crippen LogP contribution in [0.2, 0.25) is 0 Å². The highest BCUT2D eigenvalue weighted by atomic mass is 32.2. The van der Waals surface area contributed by atoms with Gasteiger partial charge in [0.25, 0.3) is 0 Å². The van der Waals surface area contributed by atoms with Gasteiger partial charge in [-0.25, -0.2) is 4.98 Å². The minimum atomic E-state index is 0.389. The van der Waals surface area contributed by atoms with Crippen LogP contribution in [-0.4, -0.2) is 50.3 Å². The van der Waals surface area contributed by atoms with Crippen molar-refractivity contribution in [1.29, 1.82) is 0 Å². The fourth-order valence-corrected chi connectivity index (χ4v) is 7.23. The van der Waals surface area contributed by atoms with Crippen molar-refractivity contribution in [2.24, 2.45) is 0 Å². The zero-order chi connectivity index (χ0) is 18.8. The summed E-state index contributed by atoms with van der Waals surface area (Å²) in [5.74, 6) is 3.65. The van der Waals surface area contributed by atoms with Gasteiger partial charge in [0, 0.05) is 41.6 Å². The number of nitrogens with one attached hydrogen (secondary N) is 1. The Morgan fingerprint density at radius 3 is 3.11 bits per heavy atom. The van der Waals surface area contributed by atoms with Gasteiger partial charge >= 0.3 is 0 Å². The number of fused-ring (bicyclic) bond motifs is 2. The number of hydrogen-bond acceptors (Lipinski definition) is 6. The number of H-pyrrole nitrogens is 1. The molecule has 1 fully saturated rings. The molecule has 1 saturated heterocycles. The Labute approximate surface area is 178 Å². The standard InChI is InChI=1S/C21H24N4S3/c1-2-6-17-16(5-1)23-21(24-17)28-19-7-3-4-15-18(8-9-22-20(15)19)27-13-11-25-10-12-26-14-25/h1-2,5-6,8-9,19H,3-4,7,10-14H2,(H,23,24). The molecule has 4 nitrogen and oxygen atoms in total. The van der Waals surface area contributed by atoms with E-state index in [1.54, 1.807) is 0 Å². The number of aromatic nitrogens is 3. The SMILES string of the molecule is c1ccc2[nH]c(SC3CCCc4c(SCCN5CCSC5)ccnc43)nc2c1. The molecule has 1 aliphatic heterocycles. The van der Waals surface area contributed by atoms with E-state index in [9.17, 15) is 0 Å². The van der Waals surface area contributed by atoms with Crippen molar-refractivity contribution in [3.63, 3.8) is 0 Å². The molecule has 3 aromatic rings. The molecule has 2 aliphatic rings. The number of thioether (sulfide) groups is 3. The molecule has 1 aromatic carbocycles. The summed E-state index contributed by atoms with van der Waals surface area (Å²) in [7, 11) is 0. The first-order valence-corrected chi connectivity index (χ1v) is 12.9. The van der Waals surface area contributed by atoms with Crippen LogP contribution in [-0.2, 0) is 6.42 Å². The summed E-state index contributed by atoms with van der Waals surface area (Å²) in [6, 6.07) is 10.5. The predicted molar refractivity (Wildman–Crippen MR) is 121 cm³/mol. The van der Waals surface area contributed by atoms with Crippen LogP contribution >= 0.6 is 35.3 Å². The molecular weight excluding hydrogens is 404 g/mol. The summed E-state index contributed by atoms with van der Waals surface area (Å²) in [5.41, 5.74) is 4.90. The molecule has 0 spiro atoms. The number of pyridine rings is 1. The summed E-state index contributed by atoms with van der Waals surface area (Å²) in [4.78, 5) is 17.0. The Bertz CT molecular complexity index is 919. The number of rotatable bonds is 6. The third-order valence-electron chi connectivity index (χ3n) is 5.36. The molecule has 28 heavy (non-hydrogen) atoms. The van der Waals surface area contributed by atoms with Crippen molar-refractivity contribution < 1.29 is 0 Å². The molecule has 146 valence electrons. The average molecular weight is 429 g/mol. The Hall–Kier alpha value is -1.15. The van der Waals surface area contributed by atoms with Crippen molar-refractivity contribution in [1.82, 2.24) is 19.9 Å². The van der Waals surface area contributed by atoms with Crippen molar-refractivity contribution in [2.75, 3.05) is 30.5 Å². The molecule has 5 rings (SSSR count). The Morgan fingerprint density at radius 1 is 1.25 bits per heavy atom. The number of para-hydroxylation sites is 2. The maximum atomic E-state index is 4.81. The minimum absolute atomic E-state index is 0.389. The van der Waals surface area contributed by atoms with Crippen LogP contribution in [0, 0.1) is 0 Å². The quantitative estimate of drug-likeness (QED) is 0.543. The molecule has 2 aromatic heterocycles. The third-order valence-corrected chi connectivity index (χ3v) is 8.62. The molecule has 1 unspecified atom stereocenters. The lowest BCUT2D eigenvalue weighted by Gasteiger charge is -2.25. The smallest absolute Gasteiger partial charge is 0.167 e. The van der Waals surface area contributed by atoms with Crippen LogP contribution in [0.5, 0.6) is 0 Å². The molecule has 1 N–H and O–H groups in total. The van der Waals surface area contributed by atoms with Gasteiger partial charge < -0.3 is 4.98 Å². The van der Waals surface area contributed by atoms with E-state index in [-0.39, 0.29) is 0 Å². The van der Waals surface area contributed by atoms with Crippen LogP contribution in [0.25, 0.3) is 11.0 Å². The van der Waals surface area contributed by atoms with Gasteiger partial charge in [-0.15, -0.1) is 23.5 Å². The maximum absolute atomic E-state index is 4.81. The molecule has 0 radical (unpaired) electrons.